The van der Waals surface area contributed by atoms with Crippen molar-refractivity contribution in [3.63, 3.8) is 0 Å². The van der Waals surface area contributed by atoms with E-state index in [0.29, 0.717) is 25.1 Å². The largest absolute Gasteiger partial charge is 0.507 e. The number of hydrogen-bond acceptors (Lipinski definition) is 6. The predicted octanol–water partition coefficient (Wildman–Crippen LogP) is 1.43. The summed E-state index contributed by atoms with van der Waals surface area (Å²) in [6.45, 7) is -0.301. The van der Waals surface area contributed by atoms with E-state index in [1.54, 1.807) is 0 Å². The van der Waals surface area contributed by atoms with E-state index in [1.165, 1.54) is 6.07 Å². The molecule has 1 aliphatic rings. The molecule has 2 aromatic rings. The fourth-order valence-corrected chi connectivity index (χ4v) is 2.59. The number of aromatic nitrogens is 5. The zero-order chi connectivity index (χ0) is 18.2. The highest BCUT2D eigenvalue weighted by Gasteiger charge is 2.35. The lowest BCUT2D eigenvalue weighted by Gasteiger charge is -2.21. The Balaban J connectivity index is 1.92. The molecule has 0 spiro atoms. The number of aryl methyl sites for hydroxylation is 1. The van der Waals surface area contributed by atoms with Crippen molar-refractivity contribution in [2.45, 2.75) is 38.2 Å². The summed E-state index contributed by atoms with van der Waals surface area (Å²) < 4.78 is 44.7. The first kappa shape index (κ1) is 16.9. The fraction of sp³-hybridized carbons (Fsp3) is 0.462. The van der Waals surface area contributed by atoms with Gasteiger partial charge in [-0.15, -0.1) is 0 Å². The molecule has 3 rings (SSSR count). The van der Waals surface area contributed by atoms with Gasteiger partial charge in [0.25, 0.3) is 0 Å². The number of halogens is 3. The predicted molar refractivity (Wildman–Crippen MR) is 73.7 cm³/mol. The topological polar surface area (TPSA) is 112 Å². The van der Waals surface area contributed by atoms with E-state index in [9.17, 15) is 22.8 Å². The Morgan fingerprint density at radius 1 is 1.44 bits per heavy atom. The lowest BCUT2D eigenvalue weighted by Crippen LogP contribution is -2.33. The SMILES string of the molecule is O=C(O)O[C@H]1CCCc2nn(Cc3ccnc(C(F)(F)F)n3)c(=O)n21. The molecule has 0 aliphatic carbocycles. The average molecular weight is 359 g/mol. The van der Waals surface area contributed by atoms with E-state index in [-0.39, 0.29) is 12.2 Å². The quantitative estimate of drug-likeness (QED) is 0.825. The maximum absolute atomic E-state index is 12.7. The molecule has 0 aromatic carbocycles. The second kappa shape index (κ2) is 6.18. The Labute approximate surface area is 137 Å². The normalized spacial score (nSPS) is 17.2. The van der Waals surface area contributed by atoms with Gasteiger partial charge < -0.3 is 9.84 Å². The van der Waals surface area contributed by atoms with Crippen molar-refractivity contribution >= 4 is 6.16 Å². The summed E-state index contributed by atoms with van der Waals surface area (Å²) in [5, 5.41) is 12.8. The van der Waals surface area contributed by atoms with Crippen LogP contribution in [0, 0.1) is 0 Å². The number of nitrogens with zero attached hydrogens (tertiary/aromatic N) is 5. The van der Waals surface area contributed by atoms with Gasteiger partial charge in [-0.3, -0.25) is 0 Å². The van der Waals surface area contributed by atoms with E-state index in [1.807, 2.05) is 0 Å². The third-order valence-corrected chi connectivity index (χ3v) is 3.60. The molecule has 12 heteroatoms. The summed E-state index contributed by atoms with van der Waals surface area (Å²) in [5.74, 6) is -0.998. The molecule has 3 heterocycles. The summed E-state index contributed by atoms with van der Waals surface area (Å²) in [5.41, 5.74) is -0.719. The van der Waals surface area contributed by atoms with Gasteiger partial charge in [0, 0.05) is 19.0 Å². The number of carbonyl (C=O) groups is 1. The van der Waals surface area contributed by atoms with Crippen molar-refractivity contribution in [3.05, 3.63) is 40.1 Å². The second-order valence-electron chi connectivity index (χ2n) is 5.33. The van der Waals surface area contributed by atoms with Gasteiger partial charge in [-0.2, -0.15) is 18.3 Å². The average Bonchev–Trinajstić information content (AvgIpc) is 2.83. The summed E-state index contributed by atoms with van der Waals surface area (Å²) in [6, 6.07) is 1.24. The van der Waals surface area contributed by atoms with E-state index in [4.69, 9.17) is 5.11 Å². The molecule has 1 N–H and O–H groups in total. The molecule has 0 radical (unpaired) electrons. The number of hydrogen-bond donors (Lipinski definition) is 1. The van der Waals surface area contributed by atoms with Crippen LogP contribution >= 0.6 is 0 Å². The lowest BCUT2D eigenvalue weighted by molar-refractivity contribution is -0.145. The highest BCUT2D eigenvalue weighted by atomic mass is 19.4. The second-order valence-corrected chi connectivity index (χ2v) is 5.33. The van der Waals surface area contributed by atoms with E-state index >= 15 is 0 Å². The molecule has 0 saturated heterocycles. The van der Waals surface area contributed by atoms with Crippen molar-refractivity contribution in [2.75, 3.05) is 0 Å². The molecular weight excluding hydrogens is 347 g/mol. The van der Waals surface area contributed by atoms with Crippen LogP contribution in [0.25, 0.3) is 0 Å². The molecule has 0 saturated carbocycles. The van der Waals surface area contributed by atoms with Gasteiger partial charge >= 0.3 is 18.0 Å². The summed E-state index contributed by atoms with van der Waals surface area (Å²) in [6.07, 6.45) is -4.96. The number of alkyl halides is 3. The van der Waals surface area contributed by atoms with Crippen LogP contribution in [0.3, 0.4) is 0 Å². The number of fused-ring (bicyclic) bond motifs is 1. The number of rotatable bonds is 3. The smallest absolute Gasteiger partial charge is 0.450 e. The van der Waals surface area contributed by atoms with Crippen molar-refractivity contribution in [1.29, 1.82) is 0 Å². The third-order valence-electron chi connectivity index (χ3n) is 3.60. The van der Waals surface area contributed by atoms with Gasteiger partial charge in [0.1, 0.15) is 5.82 Å². The van der Waals surface area contributed by atoms with Crippen molar-refractivity contribution in [3.8, 4) is 0 Å². The molecule has 0 bridgehead atoms. The van der Waals surface area contributed by atoms with Gasteiger partial charge in [-0.05, 0) is 12.5 Å². The molecule has 0 amide bonds. The standard InChI is InChI=1S/C13H12F3N5O4/c14-13(15,16)10-17-5-4-7(18-10)6-20-11(22)21-8(19-20)2-1-3-9(21)25-12(23)24/h4-5,9H,1-3,6H2,(H,23,24)/t9-/m0/s1. The maximum atomic E-state index is 12.7. The summed E-state index contributed by atoms with van der Waals surface area (Å²) in [7, 11) is 0. The minimum atomic E-state index is -4.70. The van der Waals surface area contributed by atoms with Gasteiger partial charge in [-0.1, -0.05) is 0 Å². The molecule has 0 unspecified atom stereocenters. The van der Waals surface area contributed by atoms with Gasteiger partial charge in [0.15, 0.2) is 6.23 Å². The Hall–Kier alpha value is -2.92. The van der Waals surface area contributed by atoms with Crippen LogP contribution in [0.1, 0.15) is 36.4 Å². The first-order valence-corrected chi connectivity index (χ1v) is 7.22. The zero-order valence-electron chi connectivity index (χ0n) is 12.6. The first-order chi connectivity index (χ1) is 11.8. The van der Waals surface area contributed by atoms with E-state index in [2.05, 4.69) is 19.8 Å². The van der Waals surface area contributed by atoms with Crippen LogP contribution in [0.4, 0.5) is 18.0 Å². The van der Waals surface area contributed by atoms with Crippen LogP contribution < -0.4 is 5.69 Å². The van der Waals surface area contributed by atoms with Crippen LogP contribution in [-0.4, -0.2) is 35.6 Å². The Bertz CT molecular complexity index is 860. The zero-order valence-corrected chi connectivity index (χ0v) is 12.6. The molecule has 2 aromatic heterocycles. The van der Waals surface area contributed by atoms with E-state index < -0.39 is 30.1 Å². The van der Waals surface area contributed by atoms with Crippen molar-refractivity contribution in [2.24, 2.45) is 0 Å². The third kappa shape index (κ3) is 3.46. The number of ether oxygens (including phenoxy) is 1. The first-order valence-electron chi connectivity index (χ1n) is 7.22. The van der Waals surface area contributed by atoms with Gasteiger partial charge in [-0.25, -0.2) is 28.8 Å². The molecule has 0 fully saturated rings. The van der Waals surface area contributed by atoms with Crippen LogP contribution in [-0.2, 0) is 23.9 Å². The monoisotopic (exact) mass is 359 g/mol. The number of carboxylic acid groups (broad SMARTS) is 1. The molecule has 1 atom stereocenters. The highest BCUT2D eigenvalue weighted by molar-refractivity contribution is 5.56. The minimum absolute atomic E-state index is 0.0458. The Morgan fingerprint density at radius 2 is 2.20 bits per heavy atom. The fourth-order valence-electron chi connectivity index (χ4n) is 2.59. The summed E-state index contributed by atoms with van der Waals surface area (Å²) in [4.78, 5) is 29.7. The Kier molecular flexibility index (Phi) is 4.18. The van der Waals surface area contributed by atoms with Crippen LogP contribution in [0.15, 0.2) is 17.1 Å². The van der Waals surface area contributed by atoms with Gasteiger partial charge in [0.2, 0.25) is 5.82 Å². The summed E-state index contributed by atoms with van der Waals surface area (Å²) >= 11 is 0. The van der Waals surface area contributed by atoms with Gasteiger partial charge in [0.05, 0.1) is 12.2 Å². The Morgan fingerprint density at radius 3 is 2.88 bits per heavy atom. The molecule has 1 aliphatic heterocycles. The van der Waals surface area contributed by atoms with Crippen molar-refractivity contribution in [1.82, 2.24) is 24.3 Å². The van der Waals surface area contributed by atoms with Crippen LogP contribution in [0.2, 0.25) is 0 Å². The van der Waals surface area contributed by atoms with E-state index in [0.717, 1.165) is 15.4 Å². The molecular formula is C13H12F3N5O4. The van der Waals surface area contributed by atoms with Crippen LogP contribution in [0.5, 0.6) is 0 Å². The van der Waals surface area contributed by atoms with Crippen molar-refractivity contribution < 1.29 is 27.8 Å². The maximum Gasteiger partial charge on any atom is 0.507 e. The lowest BCUT2D eigenvalue weighted by atomic mass is 10.1. The highest BCUT2D eigenvalue weighted by Crippen LogP contribution is 2.26. The minimum Gasteiger partial charge on any atom is -0.450 e. The molecule has 25 heavy (non-hydrogen) atoms. The molecule has 9 nitrogen and oxygen atoms in total. The molecule has 134 valence electrons.